The molecule has 428 valence electrons. The Kier molecular flexibility index (Phi) is 41.2. The fraction of sp³-hybridized carbons (Fsp3) is 0.797. The van der Waals surface area contributed by atoms with Crippen molar-refractivity contribution < 1.29 is 73.8 Å². The van der Waals surface area contributed by atoms with Crippen LogP contribution in [0.1, 0.15) is 206 Å². The predicted molar refractivity (Wildman–Crippen MR) is 289 cm³/mol. The van der Waals surface area contributed by atoms with Crippen LogP contribution < -0.4 is 0 Å². The maximum atomic E-state index is 13.1. The van der Waals surface area contributed by atoms with Crippen LogP contribution >= 0.6 is 0 Å². The Morgan fingerprint density at radius 1 is 0.446 bits per heavy atom. The number of hydrogen-bond donors (Lipinski definition) is 7. The van der Waals surface area contributed by atoms with Crippen LogP contribution in [0.4, 0.5) is 0 Å². The van der Waals surface area contributed by atoms with Crippen LogP contribution in [0, 0.1) is 0 Å². The van der Waals surface area contributed by atoms with Crippen molar-refractivity contribution in [1.29, 1.82) is 0 Å². The van der Waals surface area contributed by atoms with Crippen LogP contribution in [0.25, 0.3) is 0 Å². The Morgan fingerprint density at radius 3 is 1.32 bits per heavy atom. The van der Waals surface area contributed by atoms with E-state index in [0.717, 1.165) is 51.4 Å². The molecule has 2 aliphatic rings. The third kappa shape index (κ3) is 32.1. The molecule has 0 aromatic heterocycles. The Bertz CT molecular complexity index is 1520. The molecule has 0 aliphatic carbocycles. The van der Waals surface area contributed by atoms with Crippen molar-refractivity contribution >= 4 is 11.9 Å². The average molecular weight is 1050 g/mol. The zero-order chi connectivity index (χ0) is 53.9. The fourth-order valence-corrected chi connectivity index (χ4v) is 8.84. The van der Waals surface area contributed by atoms with Gasteiger partial charge in [-0.05, 0) is 51.4 Å². The van der Waals surface area contributed by atoms with E-state index in [1.54, 1.807) is 0 Å². The van der Waals surface area contributed by atoms with Crippen LogP contribution in [-0.4, -0.2) is 142 Å². The Labute approximate surface area is 445 Å². The first-order chi connectivity index (χ1) is 36.0. The number of aliphatic hydroxyl groups is 7. The molecule has 2 rings (SSSR count). The van der Waals surface area contributed by atoms with Gasteiger partial charge in [0.25, 0.3) is 0 Å². The van der Waals surface area contributed by atoms with Crippen LogP contribution in [0.3, 0.4) is 0 Å². The third-order valence-corrected chi connectivity index (χ3v) is 13.5. The lowest BCUT2D eigenvalue weighted by molar-refractivity contribution is -0.332. The molecule has 0 spiro atoms. The summed E-state index contributed by atoms with van der Waals surface area (Å²) < 4.78 is 33.6. The summed E-state index contributed by atoms with van der Waals surface area (Å²) in [5.74, 6) is -0.988. The molecule has 7 N–H and O–H groups in total. The summed E-state index contributed by atoms with van der Waals surface area (Å²) >= 11 is 0. The van der Waals surface area contributed by atoms with Gasteiger partial charge in [-0.25, -0.2) is 0 Å². The first kappa shape index (κ1) is 67.3. The molecule has 2 heterocycles. The summed E-state index contributed by atoms with van der Waals surface area (Å²) in [5, 5.41) is 72.3. The summed E-state index contributed by atoms with van der Waals surface area (Å²) in [5.41, 5.74) is 0. The van der Waals surface area contributed by atoms with Crippen molar-refractivity contribution in [1.82, 2.24) is 0 Å². The van der Waals surface area contributed by atoms with Crippen LogP contribution in [0.2, 0.25) is 0 Å². The van der Waals surface area contributed by atoms with Gasteiger partial charge in [0.15, 0.2) is 18.7 Å². The van der Waals surface area contributed by atoms with Gasteiger partial charge < -0.3 is 64.2 Å². The summed E-state index contributed by atoms with van der Waals surface area (Å²) in [7, 11) is 0. The third-order valence-electron chi connectivity index (χ3n) is 13.5. The highest BCUT2D eigenvalue weighted by Crippen LogP contribution is 2.27. The molecule has 15 heteroatoms. The number of esters is 2. The molecule has 2 fully saturated rings. The summed E-state index contributed by atoms with van der Waals surface area (Å²) in [6, 6.07) is 0. The zero-order valence-electron chi connectivity index (χ0n) is 45.6. The standard InChI is InChI=1S/C59H102O15/c1-3-5-7-9-11-13-15-17-19-21-22-23-24-26-28-30-32-34-36-38-40-42-51(62)72-47(44-69-50(61)41-39-37-35-33-31-29-27-25-20-18-16-14-12-10-8-6-4-2)45-70-58-57(68)55(66)53(64)49(74-58)46-71-59-56(67)54(65)52(63)48(43-60)73-59/h6,8,12,14,18,20,27,29,33,35,47-49,52-60,63-68H,3-5,7,9-11,13,15-17,19,21-26,28,30-32,34,36-46H2,1-2H3/b8-6+,14-12+,20-18+,29-27+,35-33+/t47-,48+,49+,52-,53-,54?,55?,56?,57?,58+,59+/m1/s1. The molecule has 11 atom stereocenters. The molecular formula is C59H102O15. The van der Waals surface area contributed by atoms with Crippen molar-refractivity contribution in [2.24, 2.45) is 0 Å². The lowest BCUT2D eigenvalue weighted by atomic mass is 9.98. The minimum Gasteiger partial charge on any atom is -0.462 e. The summed E-state index contributed by atoms with van der Waals surface area (Å²) in [6.07, 6.45) is 36.8. The zero-order valence-corrected chi connectivity index (χ0v) is 45.6. The van der Waals surface area contributed by atoms with Gasteiger partial charge in [-0.15, -0.1) is 0 Å². The fourth-order valence-electron chi connectivity index (χ4n) is 8.84. The van der Waals surface area contributed by atoms with E-state index in [0.29, 0.717) is 19.3 Å². The molecule has 0 saturated carbocycles. The van der Waals surface area contributed by atoms with E-state index in [4.69, 9.17) is 28.4 Å². The second kappa shape index (κ2) is 45.2. The van der Waals surface area contributed by atoms with Gasteiger partial charge in [-0.2, -0.15) is 0 Å². The van der Waals surface area contributed by atoms with E-state index in [1.165, 1.54) is 109 Å². The monoisotopic (exact) mass is 1050 g/mol. The molecule has 2 saturated heterocycles. The normalized spacial score (nSPS) is 25.1. The topological polar surface area (TPSA) is 231 Å². The van der Waals surface area contributed by atoms with Crippen LogP contribution in [0.5, 0.6) is 0 Å². The number of ether oxygens (including phenoxy) is 6. The largest absolute Gasteiger partial charge is 0.462 e. The van der Waals surface area contributed by atoms with Gasteiger partial charge in [0.2, 0.25) is 0 Å². The Balaban J connectivity index is 1.77. The second-order valence-corrected chi connectivity index (χ2v) is 20.1. The van der Waals surface area contributed by atoms with Crippen LogP contribution in [0.15, 0.2) is 60.8 Å². The number of aliphatic hydroxyl groups excluding tert-OH is 7. The molecule has 0 aromatic rings. The van der Waals surface area contributed by atoms with E-state index in [2.05, 4.69) is 68.5 Å². The Hall–Kier alpha value is -2.80. The molecule has 0 radical (unpaired) electrons. The van der Waals surface area contributed by atoms with Gasteiger partial charge >= 0.3 is 11.9 Å². The highest BCUT2D eigenvalue weighted by Gasteiger charge is 2.47. The molecule has 0 amide bonds. The Morgan fingerprint density at radius 2 is 0.851 bits per heavy atom. The first-order valence-corrected chi connectivity index (χ1v) is 28.9. The number of allylic oxidation sites excluding steroid dienone is 10. The molecule has 2 aliphatic heterocycles. The average Bonchev–Trinajstić information content (AvgIpc) is 3.39. The minimum absolute atomic E-state index is 0.139. The highest BCUT2D eigenvalue weighted by molar-refractivity contribution is 5.70. The number of carbonyl (C=O) groups excluding carboxylic acids is 2. The maximum absolute atomic E-state index is 13.1. The van der Waals surface area contributed by atoms with Gasteiger partial charge in [0.05, 0.1) is 19.8 Å². The number of hydrogen-bond acceptors (Lipinski definition) is 15. The molecule has 0 aromatic carbocycles. The van der Waals surface area contributed by atoms with Crippen molar-refractivity contribution in [3.63, 3.8) is 0 Å². The summed E-state index contributed by atoms with van der Waals surface area (Å²) in [4.78, 5) is 25.9. The van der Waals surface area contributed by atoms with E-state index in [1.807, 2.05) is 6.08 Å². The smallest absolute Gasteiger partial charge is 0.306 e. The van der Waals surface area contributed by atoms with E-state index >= 15 is 0 Å². The van der Waals surface area contributed by atoms with Crippen molar-refractivity contribution in [2.75, 3.05) is 26.4 Å². The number of rotatable bonds is 45. The van der Waals surface area contributed by atoms with Gasteiger partial charge in [-0.3, -0.25) is 9.59 Å². The van der Waals surface area contributed by atoms with Crippen molar-refractivity contribution in [3.8, 4) is 0 Å². The van der Waals surface area contributed by atoms with E-state index in [9.17, 15) is 45.3 Å². The van der Waals surface area contributed by atoms with Gasteiger partial charge in [-0.1, -0.05) is 203 Å². The van der Waals surface area contributed by atoms with E-state index < -0.39 is 99.3 Å². The SMILES string of the molecule is CC/C=C/C/C=C/C/C=C/C/C=C/C/C=C/CCCC(=O)OC[C@H](CO[C@H]1O[C@@H](CO[C@H]2O[C@@H](CO)[C@@H](O)C(O)C2O)[C@@H](O)C(O)C1O)OC(=O)CCCCCCCCCCCCCCCCCCCCCCC. The highest BCUT2D eigenvalue weighted by atomic mass is 16.7. The van der Waals surface area contributed by atoms with Gasteiger partial charge in [0.1, 0.15) is 55.4 Å². The lowest BCUT2D eigenvalue weighted by Gasteiger charge is -2.42. The maximum Gasteiger partial charge on any atom is 0.306 e. The lowest BCUT2D eigenvalue weighted by Crippen LogP contribution is -2.61. The van der Waals surface area contributed by atoms with Crippen molar-refractivity contribution in [2.45, 2.75) is 274 Å². The second-order valence-electron chi connectivity index (χ2n) is 20.1. The van der Waals surface area contributed by atoms with Crippen molar-refractivity contribution in [3.05, 3.63) is 60.8 Å². The minimum atomic E-state index is -1.77. The number of unbranched alkanes of at least 4 members (excludes halogenated alkanes) is 21. The van der Waals surface area contributed by atoms with Crippen LogP contribution in [-0.2, 0) is 38.0 Å². The first-order valence-electron chi connectivity index (χ1n) is 28.9. The summed E-state index contributed by atoms with van der Waals surface area (Å²) in [6.45, 7) is 2.44. The predicted octanol–water partition coefficient (Wildman–Crippen LogP) is 9.61. The molecule has 0 bridgehead atoms. The molecule has 4 unspecified atom stereocenters. The molecular weight excluding hydrogens is 949 g/mol. The van der Waals surface area contributed by atoms with E-state index in [-0.39, 0.29) is 19.4 Å². The molecule has 74 heavy (non-hydrogen) atoms. The van der Waals surface area contributed by atoms with Gasteiger partial charge in [0, 0.05) is 12.8 Å². The molecule has 15 nitrogen and oxygen atoms in total. The quantitative estimate of drug-likeness (QED) is 0.0171. The number of carbonyl (C=O) groups is 2.